The summed E-state index contributed by atoms with van der Waals surface area (Å²) in [6.07, 6.45) is 4.25. The number of hydrogen-bond acceptors (Lipinski definition) is 7. The van der Waals surface area contributed by atoms with Crippen LogP contribution in [0.3, 0.4) is 0 Å². The normalized spacial score (nSPS) is 18.3. The highest BCUT2D eigenvalue weighted by atomic mass is 32.2. The number of carbonyl (C=O) groups is 3. The van der Waals surface area contributed by atoms with Crippen LogP contribution in [0, 0.1) is 18.8 Å². The number of ether oxygens (including phenoxy) is 1. The molecule has 0 radical (unpaired) electrons. The largest absolute Gasteiger partial charge is 0.444 e. The topological polar surface area (TPSA) is 191 Å². The third kappa shape index (κ3) is 9.93. The fraction of sp³-hybridized carbons (Fsp3) is 0.436. The Labute approximate surface area is 309 Å². The first-order valence-electron chi connectivity index (χ1n) is 18.1. The van der Waals surface area contributed by atoms with E-state index in [2.05, 4.69) is 30.9 Å². The van der Waals surface area contributed by atoms with Gasteiger partial charge >= 0.3 is 6.09 Å². The van der Waals surface area contributed by atoms with E-state index < -0.39 is 33.7 Å². The molecule has 4 aromatic rings. The molecule has 2 fully saturated rings. The fourth-order valence-electron chi connectivity index (χ4n) is 6.69. The molecule has 3 aromatic carbocycles. The number of aromatic amines is 2. The smallest absolute Gasteiger partial charge is 0.407 e. The Morgan fingerprint density at radius 2 is 1.62 bits per heavy atom. The molecule has 0 spiro atoms. The fourth-order valence-corrected chi connectivity index (χ4v) is 8.08. The molecular formula is C39H48N6O7S. The van der Waals surface area contributed by atoms with Crippen LogP contribution >= 0.6 is 0 Å². The molecular weight excluding hydrogens is 697 g/mol. The van der Waals surface area contributed by atoms with Gasteiger partial charge in [-0.2, -0.15) is 0 Å². The Hall–Kier alpha value is -4.95. The average molecular weight is 745 g/mol. The average Bonchev–Trinajstić information content (AvgIpc) is 3.84. The predicted octanol–water partition coefficient (Wildman–Crippen LogP) is 5.27. The molecule has 2 aliphatic rings. The summed E-state index contributed by atoms with van der Waals surface area (Å²) < 4.78 is 33.5. The summed E-state index contributed by atoms with van der Waals surface area (Å²) in [4.78, 5) is 51.7. The van der Waals surface area contributed by atoms with E-state index in [-0.39, 0.29) is 40.7 Å². The van der Waals surface area contributed by atoms with E-state index in [1.807, 2.05) is 52.0 Å². The number of aromatic nitrogens is 2. The minimum atomic E-state index is -3.57. The maximum Gasteiger partial charge on any atom is 0.407 e. The lowest BCUT2D eigenvalue weighted by molar-refractivity contribution is -0.130. The van der Waals surface area contributed by atoms with Crippen molar-refractivity contribution in [3.8, 4) is 11.1 Å². The van der Waals surface area contributed by atoms with Crippen molar-refractivity contribution in [3.05, 3.63) is 82.1 Å². The first kappa shape index (κ1) is 37.8. The van der Waals surface area contributed by atoms with Gasteiger partial charge in [-0.25, -0.2) is 17.9 Å². The number of amides is 3. The van der Waals surface area contributed by atoms with E-state index in [9.17, 15) is 27.6 Å². The zero-order valence-electron chi connectivity index (χ0n) is 30.5. The second kappa shape index (κ2) is 15.6. The van der Waals surface area contributed by atoms with Gasteiger partial charge in [-0.3, -0.25) is 24.6 Å². The number of alkyl carbamates (subject to hydrolysis) is 1. The van der Waals surface area contributed by atoms with Gasteiger partial charge in [0.1, 0.15) is 11.6 Å². The number of carbonyl (C=O) groups excluding carboxylic acids is 3. The molecule has 1 aromatic heterocycles. The molecule has 2 aliphatic carbocycles. The van der Waals surface area contributed by atoms with E-state index in [1.54, 1.807) is 36.4 Å². The van der Waals surface area contributed by atoms with Gasteiger partial charge in [-0.1, -0.05) is 30.3 Å². The number of aryl methyl sites for hydroxylation is 1. The highest BCUT2D eigenvalue weighted by Crippen LogP contribution is 2.30. The quantitative estimate of drug-likeness (QED) is 0.114. The third-order valence-corrected chi connectivity index (χ3v) is 11.3. The maximum absolute atomic E-state index is 13.8. The molecule has 6 N–H and O–H groups in total. The molecule has 0 saturated heterocycles. The Kier molecular flexibility index (Phi) is 11.1. The van der Waals surface area contributed by atoms with Gasteiger partial charge in [0.05, 0.1) is 15.8 Å². The molecule has 6 rings (SSSR count). The van der Waals surface area contributed by atoms with Crippen molar-refractivity contribution in [1.82, 2.24) is 25.6 Å². The number of fused-ring (bicyclic) bond motifs is 1. The molecule has 13 nitrogen and oxygen atoms in total. The van der Waals surface area contributed by atoms with Gasteiger partial charge in [0, 0.05) is 30.6 Å². The molecule has 53 heavy (non-hydrogen) atoms. The van der Waals surface area contributed by atoms with Gasteiger partial charge in [-0.05, 0) is 125 Å². The van der Waals surface area contributed by atoms with Crippen LogP contribution in [0.2, 0.25) is 0 Å². The van der Waals surface area contributed by atoms with E-state index >= 15 is 0 Å². The minimum absolute atomic E-state index is 0.0198. The highest BCUT2D eigenvalue weighted by molar-refractivity contribution is 7.89. The lowest BCUT2D eigenvalue weighted by Gasteiger charge is -2.29. The molecule has 0 aliphatic heterocycles. The standard InChI is InChI=1S/C39H48N6O7S/c1-23-19-30(53(50,51)45-28-13-14-28)16-18-31(23)26-9-5-24(6-10-26)20-34(37(48)41-29-15-17-32-33(21-29)43-44-36(32)47)42-35(46)27-11-7-25(8-12-27)22-40-38(49)52-39(2,3)4/h5-6,9-10,15-19,21,25,27-28,34,45H,7-8,11-14,20,22H2,1-4H3,(H,40,49)(H,41,48)(H,42,46)(H2,43,44,47)/t25-,27-,34-/m0/s1. The number of sulfonamides is 1. The number of hydrogen-bond donors (Lipinski definition) is 6. The molecule has 14 heteroatoms. The van der Waals surface area contributed by atoms with Crippen LogP contribution in [0.25, 0.3) is 22.0 Å². The van der Waals surface area contributed by atoms with E-state index in [1.165, 1.54) is 0 Å². The van der Waals surface area contributed by atoms with Crippen molar-refractivity contribution in [2.45, 2.75) is 95.2 Å². The number of anilines is 1. The number of nitrogens with one attached hydrogen (secondary N) is 6. The monoisotopic (exact) mass is 744 g/mol. The molecule has 0 bridgehead atoms. The summed E-state index contributed by atoms with van der Waals surface area (Å²) in [5.74, 6) is -0.654. The lowest BCUT2D eigenvalue weighted by atomic mass is 9.81. The van der Waals surface area contributed by atoms with Crippen molar-refractivity contribution in [3.63, 3.8) is 0 Å². The van der Waals surface area contributed by atoms with Crippen molar-refractivity contribution < 1.29 is 27.5 Å². The lowest BCUT2D eigenvalue weighted by Crippen LogP contribution is -2.48. The van der Waals surface area contributed by atoms with Gasteiger partial charge in [0.15, 0.2) is 0 Å². The van der Waals surface area contributed by atoms with Crippen LogP contribution in [0.5, 0.6) is 0 Å². The van der Waals surface area contributed by atoms with Crippen LogP contribution in [0.4, 0.5) is 10.5 Å². The van der Waals surface area contributed by atoms with Crippen LogP contribution in [0.1, 0.15) is 70.4 Å². The van der Waals surface area contributed by atoms with Crippen molar-refractivity contribution in [2.24, 2.45) is 11.8 Å². The van der Waals surface area contributed by atoms with E-state index in [4.69, 9.17) is 4.74 Å². The number of benzene rings is 3. The first-order chi connectivity index (χ1) is 25.1. The summed E-state index contributed by atoms with van der Waals surface area (Å²) in [6.45, 7) is 7.79. The van der Waals surface area contributed by atoms with Crippen LogP contribution < -0.4 is 26.2 Å². The van der Waals surface area contributed by atoms with E-state index in [0.717, 1.165) is 47.9 Å². The second-order valence-electron chi connectivity index (χ2n) is 15.3. The first-order valence-corrected chi connectivity index (χ1v) is 19.6. The summed E-state index contributed by atoms with van der Waals surface area (Å²) in [6, 6.07) is 16.8. The SMILES string of the molecule is Cc1cc(S(=O)(=O)NC2CC2)ccc1-c1ccc(C[C@H](NC(=O)[C@H]2CC[C@H](CNC(=O)OC(C)(C)C)CC2)C(=O)Nc2ccc3c(=O)[nH][nH]c3c2)cc1. The summed E-state index contributed by atoms with van der Waals surface area (Å²) >= 11 is 0. The molecule has 1 atom stereocenters. The molecule has 2 saturated carbocycles. The Bertz CT molecular complexity index is 2140. The minimum Gasteiger partial charge on any atom is -0.444 e. The Balaban J connectivity index is 1.13. The van der Waals surface area contributed by atoms with Crippen molar-refractivity contribution in [1.29, 1.82) is 0 Å². The highest BCUT2D eigenvalue weighted by Gasteiger charge is 2.31. The predicted molar refractivity (Wildman–Crippen MR) is 203 cm³/mol. The van der Waals surface area contributed by atoms with Crippen molar-refractivity contribution >= 4 is 44.5 Å². The van der Waals surface area contributed by atoms with Crippen molar-refractivity contribution in [2.75, 3.05) is 11.9 Å². The number of H-pyrrole nitrogens is 2. The molecule has 3 amide bonds. The maximum atomic E-state index is 13.8. The summed E-state index contributed by atoms with van der Waals surface area (Å²) in [7, 11) is -3.57. The third-order valence-electron chi connectivity index (χ3n) is 9.74. The van der Waals surface area contributed by atoms with Gasteiger partial charge in [-0.15, -0.1) is 0 Å². The van der Waals surface area contributed by atoms with E-state index in [0.29, 0.717) is 36.0 Å². The number of rotatable bonds is 12. The zero-order valence-corrected chi connectivity index (χ0v) is 31.3. The Morgan fingerprint density at radius 3 is 2.28 bits per heavy atom. The summed E-state index contributed by atoms with van der Waals surface area (Å²) in [5, 5.41) is 14.5. The van der Waals surface area contributed by atoms with Gasteiger partial charge < -0.3 is 20.7 Å². The van der Waals surface area contributed by atoms with Crippen LogP contribution in [-0.2, 0) is 30.8 Å². The zero-order chi connectivity index (χ0) is 37.9. The molecule has 0 unspecified atom stereocenters. The van der Waals surface area contributed by atoms with Crippen LogP contribution in [0.15, 0.2) is 70.4 Å². The van der Waals surface area contributed by atoms with Crippen LogP contribution in [-0.4, -0.2) is 60.8 Å². The summed E-state index contributed by atoms with van der Waals surface area (Å²) in [5.41, 5.74) is 3.59. The molecule has 282 valence electrons. The van der Waals surface area contributed by atoms with Gasteiger partial charge in [0.2, 0.25) is 21.8 Å². The second-order valence-corrected chi connectivity index (χ2v) is 17.0. The Morgan fingerprint density at radius 1 is 0.906 bits per heavy atom. The molecule has 1 heterocycles. The van der Waals surface area contributed by atoms with Gasteiger partial charge in [0.25, 0.3) is 5.56 Å².